The third-order valence-electron chi connectivity index (χ3n) is 2.31. The van der Waals surface area contributed by atoms with E-state index in [4.69, 9.17) is 18.7 Å². The molecule has 1 fully saturated rings. The summed E-state index contributed by atoms with van der Waals surface area (Å²) in [6.07, 6.45) is -1.47. The van der Waals surface area contributed by atoms with Gasteiger partial charge in [0.15, 0.2) is 11.9 Å². The molecule has 0 unspecified atom stereocenters. The van der Waals surface area contributed by atoms with Crippen LogP contribution in [0.3, 0.4) is 0 Å². The summed E-state index contributed by atoms with van der Waals surface area (Å²) >= 11 is 0. The summed E-state index contributed by atoms with van der Waals surface area (Å²) in [5.41, 5.74) is 0. The van der Waals surface area contributed by atoms with Crippen molar-refractivity contribution in [2.45, 2.75) is 25.3 Å². The summed E-state index contributed by atoms with van der Waals surface area (Å²) in [5.74, 6) is -2.14. The lowest BCUT2D eigenvalue weighted by Gasteiger charge is -2.18. The summed E-state index contributed by atoms with van der Waals surface area (Å²) in [4.78, 5) is 10.9. The second kappa shape index (κ2) is 3.22. The Balaban J connectivity index is 2.12. The van der Waals surface area contributed by atoms with Crippen molar-refractivity contribution in [3.8, 4) is 0 Å². The van der Waals surface area contributed by atoms with E-state index in [9.17, 15) is 9.90 Å². The average molecular weight is 232 g/mol. The SMILES string of the molecule is C[Si]1(C)OC[C@@H]([C@H]2OC(=O)C(O)=C2O)O1. The maximum Gasteiger partial charge on any atom is 0.377 e. The normalized spacial score (nSPS) is 34.7. The van der Waals surface area contributed by atoms with E-state index < -0.39 is 38.3 Å². The Labute approximate surface area is 87.3 Å². The first-order valence-corrected chi connectivity index (χ1v) is 7.37. The Kier molecular flexibility index (Phi) is 2.25. The monoisotopic (exact) mass is 232 g/mol. The van der Waals surface area contributed by atoms with Crippen LogP contribution in [-0.4, -0.2) is 43.6 Å². The zero-order chi connectivity index (χ0) is 11.2. The minimum Gasteiger partial charge on any atom is -0.505 e. The van der Waals surface area contributed by atoms with Crippen molar-refractivity contribution in [3.05, 3.63) is 11.5 Å². The number of hydrogen-bond acceptors (Lipinski definition) is 6. The molecule has 0 saturated carbocycles. The van der Waals surface area contributed by atoms with E-state index in [0.717, 1.165) is 0 Å². The van der Waals surface area contributed by atoms with E-state index in [-0.39, 0.29) is 6.61 Å². The van der Waals surface area contributed by atoms with E-state index >= 15 is 0 Å². The largest absolute Gasteiger partial charge is 0.505 e. The van der Waals surface area contributed by atoms with Gasteiger partial charge in [-0.1, -0.05) is 0 Å². The van der Waals surface area contributed by atoms with Crippen LogP contribution >= 0.6 is 0 Å². The molecule has 0 aliphatic carbocycles. The van der Waals surface area contributed by atoms with Gasteiger partial charge in [-0.25, -0.2) is 4.79 Å². The number of ether oxygens (including phenoxy) is 1. The summed E-state index contributed by atoms with van der Waals surface area (Å²) < 4.78 is 15.7. The highest BCUT2D eigenvalue weighted by Gasteiger charge is 2.47. The molecule has 0 bridgehead atoms. The van der Waals surface area contributed by atoms with Crippen LogP contribution in [0.4, 0.5) is 0 Å². The van der Waals surface area contributed by atoms with Gasteiger partial charge in [0.25, 0.3) is 0 Å². The molecule has 0 radical (unpaired) electrons. The van der Waals surface area contributed by atoms with Gasteiger partial charge in [-0.3, -0.25) is 0 Å². The molecule has 7 heteroatoms. The van der Waals surface area contributed by atoms with Gasteiger partial charge in [-0.15, -0.1) is 0 Å². The topological polar surface area (TPSA) is 85.2 Å². The number of carbonyl (C=O) groups excluding carboxylic acids is 1. The molecule has 2 heterocycles. The molecule has 0 aromatic rings. The van der Waals surface area contributed by atoms with Gasteiger partial charge in [-0.2, -0.15) is 0 Å². The van der Waals surface area contributed by atoms with Crippen LogP contribution in [0.15, 0.2) is 11.5 Å². The van der Waals surface area contributed by atoms with Crippen molar-refractivity contribution in [2.24, 2.45) is 0 Å². The van der Waals surface area contributed by atoms with Crippen LogP contribution in [0.5, 0.6) is 0 Å². The fourth-order valence-corrected chi connectivity index (χ4v) is 3.14. The molecule has 0 spiro atoms. The predicted octanol–water partition coefficient (Wildman–Crippen LogP) is 0.357. The predicted molar refractivity (Wildman–Crippen MR) is 50.5 cm³/mol. The van der Waals surface area contributed by atoms with Gasteiger partial charge >= 0.3 is 14.5 Å². The molecule has 0 aromatic heterocycles. The number of carbonyl (C=O) groups is 1. The molecule has 0 amide bonds. The van der Waals surface area contributed by atoms with E-state index in [1.165, 1.54) is 0 Å². The fraction of sp³-hybridized carbons (Fsp3) is 0.625. The molecule has 6 nitrogen and oxygen atoms in total. The lowest BCUT2D eigenvalue weighted by atomic mass is 10.2. The smallest absolute Gasteiger partial charge is 0.377 e. The Bertz CT molecular complexity index is 336. The zero-order valence-corrected chi connectivity index (χ0v) is 9.39. The molecular formula is C8H12O6Si. The van der Waals surface area contributed by atoms with Crippen LogP contribution in [0.2, 0.25) is 13.1 Å². The van der Waals surface area contributed by atoms with Crippen LogP contribution < -0.4 is 0 Å². The van der Waals surface area contributed by atoms with Crippen molar-refractivity contribution in [2.75, 3.05) is 6.61 Å². The van der Waals surface area contributed by atoms with Gasteiger partial charge in [0, 0.05) is 0 Å². The third kappa shape index (κ3) is 1.73. The number of cyclic esters (lactones) is 1. The summed E-state index contributed by atoms with van der Waals surface area (Å²) in [5, 5.41) is 18.5. The lowest BCUT2D eigenvalue weighted by Crippen LogP contribution is -2.34. The van der Waals surface area contributed by atoms with Crippen LogP contribution in [0, 0.1) is 0 Å². The highest BCUT2D eigenvalue weighted by molar-refractivity contribution is 6.65. The number of esters is 1. The molecule has 2 rings (SSSR count). The molecular weight excluding hydrogens is 220 g/mol. The van der Waals surface area contributed by atoms with Crippen molar-refractivity contribution in [3.63, 3.8) is 0 Å². The zero-order valence-electron chi connectivity index (χ0n) is 8.39. The summed E-state index contributed by atoms with van der Waals surface area (Å²) in [7, 11) is -2.15. The number of hydrogen-bond donors (Lipinski definition) is 2. The fourth-order valence-electron chi connectivity index (χ4n) is 1.58. The molecule has 15 heavy (non-hydrogen) atoms. The van der Waals surface area contributed by atoms with E-state index in [0.29, 0.717) is 0 Å². The lowest BCUT2D eigenvalue weighted by molar-refractivity contribution is -0.145. The Morgan fingerprint density at radius 1 is 1.40 bits per heavy atom. The summed E-state index contributed by atoms with van der Waals surface area (Å²) in [6, 6.07) is 0. The molecule has 1 saturated heterocycles. The molecule has 2 aliphatic heterocycles. The van der Waals surface area contributed by atoms with Crippen LogP contribution in [-0.2, 0) is 18.4 Å². The van der Waals surface area contributed by atoms with Crippen molar-refractivity contribution in [1.29, 1.82) is 0 Å². The maximum absolute atomic E-state index is 10.9. The van der Waals surface area contributed by atoms with Gasteiger partial charge in [0.1, 0.15) is 6.10 Å². The Hall–Kier alpha value is -1.05. The van der Waals surface area contributed by atoms with Crippen LogP contribution in [0.25, 0.3) is 0 Å². The Morgan fingerprint density at radius 3 is 2.47 bits per heavy atom. The second-order valence-corrected chi connectivity index (χ2v) is 7.25. The van der Waals surface area contributed by atoms with Crippen molar-refractivity contribution < 1.29 is 28.6 Å². The summed E-state index contributed by atoms with van der Waals surface area (Å²) in [6.45, 7) is 3.96. The highest BCUT2D eigenvalue weighted by Crippen LogP contribution is 2.29. The third-order valence-corrected chi connectivity index (χ3v) is 4.04. The minimum atomic E-state index is -2.15. The van der Waals surface area contributed by atoms with E-state index in [1.807, 2.05) is 13.1 Å². The van der Waals surface area contributed by atoms with Crippen molar-refractivity contribution in [1.82, 2.24) is 0 Å². The number of aliphatic hydroxyl groups excluding tert-OH is 2. The number of rotatable bonds is 1. The second-order valence-electron chi connectivity index (χ2n) is 3.93. The molecule has 2 atom stereocenters. The highest BCUT2D eigenvalue weighted by atomic mass is 28.4. The maximum atomic E-state index is 10.9. The van der Waals surface area contributed by atoms with Gasteiger partial charge in [0.2, 0.25) is 5.76 Å². The Morgan fingerprint density at radius 2 is 2.07 bits per heavy atom. The molecule has 0 aromatic carbocycles. The quantitative estimate of drug-likeness (QED) is 0.501. The first-order chi connectivity index (χ1) is 6.91. The first-order valence-electron chi connectivity index (χ1n) is 4.55. The average Bonchev–Trinajstić information content (AvgIpc) is 2.62. The van der Waals surface area contributed by atoms with Gasteiger partial charge in [-0.05, 0) is 13.1 Å². The molecule has 84 valence electrons. The molecule has 2 N–H and O–H groups in total. The van der Waals surface area contributed by atoms with Crippen molar-refractivity contribution >= 4 is 14.5 Å². The van der Waals surface area contributed by atoms with E-state index in [2.05, 4.69) is 0 Å². The van der Waals surface area contributed by atoms with E-state index in [1.54, 1.807) is 0 Å². The minimum absolute atomic E-state index is 0.258. The molecule has 2 aliphatic rings. The van der Waals surface area contributed by atoms with Gasteiger partial charge < -0.3 is 23.8 Å². The van der Waals surface area contributed by atoms with Gasteiger partial charge in [0.05, 0.1) is 6.61 Å². The van der Waals surface area contributed by atoms with Crippen LogP contribution in [0.1, 0.15) is 0 Å². The first kappa shape index (κ1) is 10.5. The standard InChI is InChI=1S/C8H12O6Si/c1-15(2)12-3-4(14-15)7-5(9)6(10)8(11)13-7/h4,7,9-10H,3H2,1-2H3/t4-,7+/m0/s1. The number of aliphatic hydroxyl groups is 2.